The number of hydrogen-bond donors (Lipinski definition) is 0. The number of hydrogen-bond acceptors (Lipinski definition) is 3. The Morgan fingerprint density at radius 2 is 1.02 bits per heavy atom. The van der Waals surface area contributed by atoms with E-state index >= 15 is 0 Å². The van der Waals surface area contributed by atoms with Crippen LogP contribution >= 0.6 is 0 Å². The largest absolute Gasteiger partial charge is 0.435 e. The maximum absolute atomic E-state index is 6.46. The van der Waals surface area contributed by atoms with Crippen LogP contribution in [0.5, 0.6) is 0 Å². The van der Waals surface area contributed by atoms with Crippen molar-refractivity contribution in [2.75, 3.05) is 4.90 Å². The number of rotatable bonds is 7. The smallest absolute Gasteiger partial charge is 0.227 e. The number of benzene rings is 9. The molecule has 57 heavy (non-hydrogen) atoms. The van der Waals surface area contributed by atoms with Crippen LogP contribution in [-0.4, -0.2) is 9.55 Å². The molecule has 0 atom stereocenters. The van der Waals surface area contributed by atoms with E-state index in [2.05, 4.69) is 185 Å². The molecule has 0 N–H and O–H groups in total. The molecule has 268 valence electrons. The number of nitrogens with zero attached hydrogens (tertiary/aromatic N) is 3. The van der Waals surface area contributed by atoms with Gasteiger partial charge in [-0.1, -0.05) is 152 Å². The number of para-hydroxylation sites is 4. The van der Waals surface area contributed by atoms with Gasteiger partial charge in [0.1, 0.15) is 5.52 Å². The zero-order chi connectivity index (χ0) is 37.7. The Labute approximate surface area is 330 Å². The highest BCUT2D eigenvalue weighted by Crippen LogP contribution is 2.48. The van der Waals surface area contributed by atoms with E-state index in [1.165, 1.54) is 27.2 Å². The van der Waals surface area contributed by atoms with Crippen LogP contribution in [0, 0.1) is 0 Å². The van der Waals surface area contributed by atoms with Crippen molar-refractivity contribution in [3.8, 4) is 39.4 Å². The lowest BCUT2D eigenvalue weighted by atomic mass is 9.98. The first-order valence-corrected chi connectivity index (χ1v) is 19.3. The second-order valence-corrected chi connectivity index (χ2v) is 14.3. The molecule has 0 bridgehead atoms. The summed E-state index contributed by atoms with van der Waals surface area (Å²) in [7, 11) is 0. The summed E-state index contributed by atoms with van der Waals surface area (Å²) in [4.78, 5) is 7.29. The second kappa shape index (κ2) is 13.6. The fourth-order valence-electron chi connectivity index (χ4n) is 8.44. The van der Waals surface area contributed by atoms with Crippen molar-refractivity contribution >= 4 is 60.7 Å². The molecule has 2 aromatic heterocycles. The summed E-state index contributed by atoms with van der Waals surface area (Å²) in [5, 5.41) is 4.77. The van der Waals surface area contributed by atoms with E-state index in [-0.39, 0.29) is 0 Å². The topological polar surface area (TPSA) is 34.2 Å². The highest BCUT2D eigenvalue weighted by Gasteiger charge is 2.24. The van der Waals surface area contributed by atoms with Crippen molar-refractivity contribution in [3.63, 3.8) is 0 Å². The molecule has 0 aliphatic carbocycles. The van der Waals surface area contributed by atoms with E-state index in [0.717, 1.165) is 67.1 Å². The Bertz CT molecular complexity index is 3220. The third-order valence-corrected chi connectivity index (χ3v) is 11.0. The highest BCUT2D eigenvalue weighted by molar-refractivity contribution is 6.22. The predicted molar refractivity (Wildman–Crippen MR) is 237 cm³/mol. The summed E-state index contributed by atoms with van der Waals surface area (Å²) in [6.45, 7) is 0. The molecule has 4 heteroatoms. The molecule has 0 spiro atoms. The normalized spacial score (nSPS) is 11.5. The van der Waals surface area contributed by atoms with Gasteiger partial charge in [0.25, 0.3) is 0 Å². The summed E-state index contributed by atoms with van der Waals surface area (Å²) < 4.78 is 8.87. The minimum Gasteiger partial charge on any atom is -0.435 e. The minimum absolute atomic E-state index is 0.620. The fraction of sp³-hybridized carbons (Fsp3) is 0. The molecular formula is C53H35N3O. The van der Waals surface area contributed by atoms with Crippen LogP contribution in [-0.2, 0) is 0 Å². The maximum atomic E-state index is 6.46. The van der Waals surface area contributed by atoms with Gasteiger partial charge in [-0.2, -0.15) is 0 Å². The molecule has 0 amide bonds. The molecule has 0 unspecified atom stereocenters. The van der Waals surface area contributed by atoms with Gasteiger partial charge in [0.2, 0.25) is 5.89 Å². The van der Waals surface area contributed by atoms with E-state index in [4.69, 9.17) is 9.40 Å². The average Bonchev–Trinajstić information content (AvgIpc) is 3.88. The summed E-state index contributed by atoms with van der Waals surface area (Å²) in [6, 6.07) is 75.2. The molecule has 9 aromatic carbocycles. The Kier molecular flexibility index (Phi) is 7.78. The Morgan fingerprint density at radius 1 is 0.421 bits per heavy atom. The van der Waals surface area contributed by atoms with Gasteiger partial charge in [-0.05, 0) is 71.8 Å². The van der Waals surface area contributed by atoms with Crippen molar-refractivity contribution in [2.45, 2.75) is 0 Å². The SMILES string of the molecule is c1ccc(-c2nc3cccc(-c4ccc(N(c5ccccc5-c5ccccc5)c5cc6c7ccccc7n(-c7ccccc7)c6c6ccccc56)cc4)c3o2)cc1. The number of fused-ring (bicyclic) bond motifs is 6. The lowest BCUT2D eigenvalue weighted by Crippen LogP contribution is -2.12. The molecule has 0 aliphatic rings. The number of aromatic nitrogens is 2. The Morgan fingerprint density at radius 3 is 1.79 bits per heavy atom. The quantitative estimate of drug-likeness (QED) is 0.164. The van der Waals surface area contributed by atoms with E-state index in [9.17, 15) is 0 Å². The lowest BCUT2D eigenvalue weighted by Gasteiger charge is -2.29. The maximum Gasteiger partial charge on any atom is 0.227 e. The van der Waals surface area contributed by atoms with Gasteiger partial charge in [0.15, 0.2) is 5.58 Å². The first-order valence-electron chi connectivity index (χ1n) is 19.3. The van der Waals surface area contributed by atoms with E-state index in [0.29, 0.717) is 5.89 Å². The van der Waals surface area contributed by atoms with Crippen LogP contribution in [0.1, 0.15) is 0 Å². The highest BCUT2D eigenvalue weighted by atomic mass is 16.3. The van der Waals surface area contributed by atoms with Gasteiger partial charge in [-0.15, -0.1) is 0 Å². The minimum atomic E-state index is 0.620. The lowest BCUT2D eigenvalue weighted by molar-refractivity contribution is 0.621. The molecule has 0 saturated heterocycles. The fourth-order valence-corrected chi connectivity index (χ4v) is 8.44. The summed E-state index contributed by atoms with van der Waals surface area (Å²) in [6.07, 6.45) is 0. The Balaban J connectivity index is 1.15. The van der Waals surface area contributed by atoms with Gasteiger partial charge in [0, 0.05) is 49.6 Å². The Hall–Kier alpha value is -7.69. The van der Waals surface area contributed by atoms with E-state index in [1.54, 1.807) is 0 Å². The first kappa shape index (κ1) is 32.7. The van der Waals surface area contributed by atoms with Crippen molar-refractivity contribution < 1.29 is 4.42 Å². The van der Waals surface area contributed by atoms with Crippen LogP contribution in [0.4, 0.5) is 17.1 Å². The van der Waals surface area contributed by atoms with Crippen LogP contribution in [0.2, 0.25) is 0 Å². The van der Waals surface area contributed by atoms with Crippen LogP contribution in [0.3, 0.4) is 0 Å². The molecule has 2 heterocycles. The first-order chi connectivity index (χ1) is 28.3. The summed E-state index contributed by atoms with van der Waals surface area (Å²) in [5.74, 6) is 0.620. The standard InChI is InChI=1S/C53H35N3O/c1-4-17-36(18-5-1)41-23-12-14-29-48(41)55(40-33-31-37(32-34-40)42-27-16-28-47-52(42)57-53(54-47)38-19-6-2-7-20-38)50-35-46-44-25-13-15-30-49(44)56(39-21-8-3-9-22-39)51(46)45-26-11-10-24-43(45)50/h1-35H. The van der Waals surface area contributed by atoms with Gasteiger partial charge in [-0.3, -0.25) is 0 Å². The van der Waals surface area contributed by atoms with Crippen LogP contribution in [0.25, 0.3) is 83.1 Å². The molecule has 0 fully saturated rings. The molecule has 11 aromatic rings. The monoisotopic (exact) mass is 729 g/mol. The van der Waals surface area contributed by atoms with E-state index < -0.39 is 0 Å². The zero-order valence-corrected chi connectivity index (χ0v) is 31.0. The van der Waals surface area contributed by atoms with Crippen LogP contribution in [0.15, 0.2) is 217 Å². The molecular weight excluding hydrogens is 695 g/mol. The molecule has 4 nitrogen and oxygen atoms in total. The van der Waals surface area contributed by atoms with Crippen molar-refractivity contribution in [2.24, 2.45) is 0 Å². The number of anilines is 3. The van der Waals surface area contributed by atoms with Crippen molar-refractivity contribution in [1.29, 1.82) is 0 Å². The van der Waals surface area contributed by atoms with Crippen molar-refractivity contribution in [3.05, 3.63) is 212 Å². The summed E-state index contributed by atoms with van der Waals surface area (Å²) in [5.41, 5.74) is 13.7. The molecule has 0 saturated carbocycles. The van der Waals surface area contributed by atoms with Gasteiger partial charge in [0.05, 0.1) is 22.4 Å². The average molecular weight is 730 g/mol. The molecule has 11 rings (SSSR count). The van der Waals surface area contributed by atoms with Crippen molar-refractivity contribution in [1.82, 2.24) is 9.55 Å². The third kappa shape index (κ3) is 5.50. The van der Waals surface area contributed by atoms with Crippen LogP contribution < -0.4 is 4.90 Å². The van der Waals surface area contributed by atoms with E-state index in [1.807, 2.05) is 36.4 Å². The van der Waals surface area contributed by atoms with Gasteiger partial charge in [-0.25, -0.2) is 4.98 Å². The second-order valence-electron chi connectivity index (χ2n) is 14.3. The third-order valence-electron chi connectivity index (χ3n) is 11.0. The predicted octanol–water partition coefficient (Wildman–Crippen LogP) is 14.5. The van der Waals surface area contributed by atoms with Gasteiger partial charge >= 0.3 is 0 Å². The summed E-state index contributed by atoms with van der Waals surface area (Å²) >= 11 is 0. The molecule has 0 aliphatic heterocycles. The van der Waals surface area contributed by atoms with Gasteiger partial charge < -0.3 is 13.9 Å². The molecule has 0 radical (unpaired) electrons. The zero-order valence-electron chi connectivity index (χ0n) is 31.0. The number of oxazole rings is 1.